The molecule has 17 heavy (non-hydrogen) atoms. The molecule has 0 atom stereocenters. The Balaban J connectivity index is 2.18. The lowest BCUT2D eigenvalue weighted by atomic mass is 10.2. The Morgan fingerprint density at radius 2 is 2.12 bits per heavy atom. The number of carbonyl (C=O) groups excluding carboxylic acids is 1. The number of anilines is 1. The average molecular weight is 235 g/mol. The van der Waals surface area contributed by atoms with Crippen LogP contribution in [0.15, 0.2) is 12.7 Å². The van der Waals surface area contributed by atoms with Gasteiger partial charge in [-0.15, -0.1) is 0 Å². The van der Waals surface area contributed by atoms with Gasteiger partial charge in [-0.05, 0) is 20.8 Å². The fourth-order valence-electron chi connectivity index (χ4n) is 1.26. The largest absolute Gasteiger partial charge is 0.444 e. The monoisotopic (exact) mass is 235 g/mol. The van der Waals surface area contributed by atoms with Gasteiger partial charge in [0.1, 0.15) is 17.4 Å². The molecular weight excluding hydrogens is 222 g/mol. The molecule has 0 fully saturated rings. The van der Waals surface area contributed by atoms with E-state index < -0.39 is 11.7 Å². The molecule has 0 saturated carbocycles. The summed E-state index contributed by atoms with van der Waals surface area (Å²) in [6.07, 6.45) is 2.25. The van der Waals surface area contributed by atoms with Gasteiger partial charge in [-0.3, -0.25) is 5.32 Å². The highest BCUT2D eigenvalue weighted by Crippen LogP contribution is 2.15. The summed E-state index contributed by atoms with van der Waals surface area (Å²) in [6, 6.07) is 0. The molecule has 0 aliphatic heterocycles. The number of aromatic amines is 1. The zero-order valence-electron chi connectivity index (χ0n) is 9.81. The second-order valence-electron chi connectivity index (χ2n) is 4.45. The van der Waals surface area contributed by atoms with Crippen LogP contribution in [0.4, 0.5) is 10.6 Å². The molecule has 0 saturated heterocycles. The van der Waals surface area contributed by atoms with E-state index in [2.05, 4.69) is 25.3 Å². The number of imidazole rings is 1. The first-order valence-corrected chi connectivity index (χ1v) is 5.10. The number of hydrogen-bond donors (Lipinski definition) is 2. The topological polar surface area (TPSA) is 92.8 Å². The highest BCUT2D eigenvalue weighted by atomic mass is 16.6. The Bertz CT molecular complexity index is 543. The molecule has 0 aliphatic rings. The molecule has 0 radical (unpaired) electrons. The molecule has 1 amide bonds. The van der Waals surface area contributed by atoms with E-state index in [-0.39, 0.29) is 0 Å². The van der Waals surface area contributed by atoms with Crippen LogP contribution in [0.1, 0.15) is 20.8 Å². The quantitative estimate of drug-likeness (QED) is 0.784. The summed E-state index contributed by atoms with van der Waals surface area (Å²) >= 11 is 0. The third-order valence-corrected chi connectivity index (χ3v) is 1.84. The van der Waals surface area contributed by atoms with Gasteiger partial charge in [-0.1, -0.05) is 0 Å². The van der Waals surface area contributed by atoms with Crippen molar-refractivity contribution in [3.05, 3.63) is 12.7 Å². The number of aromatic nitrogens is 4. The van der Waals surface area contributed by atoms with Gasteiger partial charge in [0.2, 0.25) is 0 Å². The normalized spacial score (nSPS) is 11.5. The second-order valence-corrected chi connectivity index (χ2v) is 4.45. The molecule has 2 aromatic rings. The van der Waals surface area contributed by atoms with E-state index in [1.807, 2.05) is 0 Å². The molecule has 0 bridgehead atoms. The minimum atomic E-state index is -0.563. The van der Waals surface area contributed by atoms with Gasteiger partial charge in [0, 0.05) is 0 Å². The number of ether oxygens (including phenoxy) is 1. The van der Waals surface area contributed by atoms with E-state index >= 15 is 0 Å². The lowest BCUT2D eigenvalue weighted by molar-refractivity contribution is 0.0635. The summed E-state index contributed by atoms with van der Waals surface area (Å²) in [7, 11) is 0. The van der Waals surface area contributed by atoms with Gasteiger partial charge in [0.05, 0.1) is 6.33 Å². The number of hydrogen-bond acceptors (Lipinski definition) is 5. The second kappa shape index (κ2) is 4.00. The maximum Gasteiger partial charge on any atom is 0.413 e. The fraction of sp³-hybridized carbons (Fsp3) is 0.400. The fourth-order valence-corrected chi connectivity index (χ4v) is 1.26. The molecule has 0 unspecified atom stereocenters. The Kier molecular flexibility index (Phi) is 2.66. The van der Waals surface area contributed by atoms with Crippen molar-refractivity contribution in [2.45, 2.75) is 26.4 Å². The Hall–Kier alpha value is -2.18. The van der Waals surface area contributed by atoms with Gasteiger partial charge in [0.25, 0.3) is 0 Å². The van der Waals surface area contributed by atoms with E-state index in [0.29, 0.717) is 17.0 Å². The molecule has 7 heteroatoms. The molecule has 2 heterocycles. The highest BCUT2D eigenvalue weighted by Gasteiger charge is 2.17. The van der Waals surface area contributed by atoms with Crippen molar-refractivity contribution in [3.8, 4) is 0 Å². The Labute approximate surface area is 97.6 Å². The molecular formula is C10H13N5O2. The van der Waals surface area contributed by atoms with E-state index in [1.54, 1.807) is 20.8 Å². The lowest BCUT2D eigenvalue weighted by Crippen LogP contribution is -2.27. The Morgan fingerprint density at radius 1 is 1.35 bits per heavy atom. The predicted octanol–water partition coefficient (Wildman–Crippen LogP) is 1.70. The van der Waals surface area contributed by atoms with E-state index in [1.165, 1.54) is 12.7 Å². The molecule has 0 aliphatic carbocycles. The van der Waals surface area contributed by atoms with Crippen molar-refractivity contribution in [2.24, 2.45) is 0 Å². The van der Waals surface area contributed by atoms with E-state index in [0.717, 1.165) is 0 Å². The van der Waals surface area contributed by atoms with Gasteiger partial charge in [-0.25, -0.2) is 19.7 Å². The number of H-pyrrole nitrogens is 1. The summed E-state index contributed by atoms with van der Waals surface area (Å²) in [6.45, 7) is 5.37. The average Bonchev–Trinajstić information content (AvgIpc) is 2.63. The van der Waals surface area contributed by atoms with E-state index in [4.69, 9.17) is 4.74 Å². The third-order valence-electron chi connectivity index (χ3n) is 1.84. The van der Waals surface area contributed by atoms with Gasteiger partial charge < -0.3 is 9.72 Å². The predicted molar refractivity (Wildman–Crippen MR) is 61.5 cm³/mol. The van der Waals surface area contributed by atoms with Crippen LogP contribution in [0, 0.1) is 0 Å². The van der Waals surface area contributed by atoms with Crippen LogP contribution in [0.3, 0.4) is 0 Å². The minimum Gasteiger partial charge on any atom is -0.444 e. The molecule has 2 aromatic heterocycles. The maximum absolute atomic E-state index is 11.6. The maximum atomic E-state index is 11.6. The van der Waals surface area contributed by atoms with Crippen molar-refractivity contribution < 1.29 is 9.53 Å². The van der Waals surface area contributed by atoms with Gasteiger partial charge in [-0.2, -0.15) is 0 Å². The van der Waals surface area contributed by atoms with Crippen LogP contribution in [0.5, 0.6) is 0 Å². The molecule has 0 aromatic carbocycles. The summed E-state index contributed by atoms with van der Waals surface area (Å²) in [5, 5.41) is 2.54. The standard InChI is InChI=1S/C10H13N5O2/c1-10(2,3)17-9(16)15-8-6-7(12-4-11-6)13-5-14-8/h4-5H,1-3H3,(H2,11,12,13,14,15,16). The van der Waals surface area contributed by atoms with E-state index in [9.17, 15) is 4.79 Å². The lowest BCUT2D eigenvalue weighted by Gasteiger charge is -2.19. The summed E-state index contributed by atoms with van der Waals surface area (Å²) in [5.41, 5.74) is 0.508. The molecule has 90 valence electrons. The summed E-state index contributed by atoms with van der Waals surface area (Å²) in [5.74, 6) is 0.349. The van der Waals surface area contributed by atoms with Crippen molar-refractivity contribution in [1.82, 2.24) is 19.9 Å². The molecule has 7 nitrogen and oxygen atoms in total. The number of nitrogens with zero attached hydrogens (tertiary/aromatic N) is 3. The minimum absolute atomic E-state index is 0.349. The zero-order valence-corrected chi connectivity index (χ0v) is 9.81. The molecule has 2 N–H and O–H groups in total. The Morgan fingerprint density at radius 3 is 2.82 bits per heavy atom. The van der Waals surface area contributed by atoms with Gasteiger partial charge >= 0.3 is 6.09 Å². The van der Waals surface area contributed by atoms with Crippen LogP contribution in [0.2, 0.25) is 0 Å². The SMILES string of the molecule is CC(C)(C)OC(=O)Nc1ncnc2nc[nH]c12. The molecule has 2 rings (SSSR count). The van der Waals surface area contributed by atoms with Crippen LogP contribution in [-0.4, -0.2) is 31.6 Å². The summed E-state index contributed by atoms with van der Waals surface area (Å²) in [4.78, 5) is 26.3. The van der Waals surface area contributed by atoms with Crippen LogP contribution < -0.4 is 5.32 Å². The first kappa shape index (κ1) is 11.3. The van der Waals surface area contributed by atoms with Gasteiger partial charge in [0.15, 0.2) is 11.5 Å². The first-order valence-electron chi connectivity index (χ1n) is 5.10. The van der Waals surface area contributed by atoms with Crippen LogP contribution >= 0.6 is 0 Å². The number of rotatable bonds is 1. The smallest absolute Gasteiger partial charge is 0.413 e. The summed E-state index contributed by atoms with van der Waals surface area (Å²) < 4.78 is 5.12. The number of amides is 1. The third kappa shape index (κ3) is 2.68. The number of fused-ring (bicyclic) bond motifs is 1. The van der Waals surface area contributed by atoms with Crippen LogP contribution in [-0.2, 0) is 4.74 Å². The van der Waals surface area contributed by atoms with Crippen LogP contribution in [0.25, 0.3) is 11.2 Å². The highest BCUT2D eigenvalue weighted by molar-refractivity contribution is 5.93. The number of carbonyl (C=O) groups is 1. The van der Waals surface area contributed by atoms with Crippen molar-refractivity contribution >= 4 is 23.1 Å². The van der Waals surface area contributed by atoms with Crippen molar-refractivity contribution in [1.29, 1.82) is 0 Å². The van der Waals surface area contributed by atoms with Crippen molar-refractivity contribution in [3.63, 3.8) is 0 Å². The van der Waals surface area contributed by atoms with Crippen molar-refractivity contribution in [2.75, 3.05) is 5.32 Å². The zero-order chi connectivity index (χ0) is 12.5. The number of nitrogens with one attached hydrogen (secondary N) is 2. The first-order chi connectivity index (χ1) is 7.96. The molecule has 0 spiro atoms.